The minimum Gasteiger partial charge on any atom is -0.349 e. The molecule has 4 rings (SSSR count). The molecule has 7 nitrogen and oxygen atoms in total. The number of aromatic nitrogens is 4. The lowest BCUT2D eigenvalue weighted by Crippen LogP contribution is -2.42. The molecular weight excluding hydrogens is 408 g/mol. The number of amides is 1. The lowest BCUT2D eigenvalue weighted by Gasteiger charge is -2.24. The molecule has 1 aromatic carbocycles. The van der Waals surface area contributed by atoms with Gasteiger partial charge in [-0.15, -0.1) is 17.5 Å². The number of thioether (sulfide) groups is 1. The van der Waals surface area contributed by atoms with Crippen LogP contribution >= 0.6 is 24.2 Å². The Morgan fingerprint density at radius 1 is 1.24 bits per heavy atom. The fraction of sp³-hybridized carbons (Fsp3) is 0.400. The van der Waals surface area contributed by atoms with E-state index >= 15 is 0 Å². The summed E-state index contributed by atoms with van der Waals surface area (Å²) in [5.41, 5.74) is 3.64. The third-order valence-electron chi connectivity index (χ3n) is 4.89. The highest BCUT2D eigenvalue weighted by Crippen LogP contribution is 2.23. The zero-order chi connectivity index (χ0) is 19.5. The first-order chi connectivity index (χ1) is 13.6. The highest BCUT2D eigenvalue weighted by molar-refractivity contribution is 7.98. The minimum atomic E-state index is -0.000744. The number of rotatable bonds is 5. The van der Waals surface area contributed by atoms with Crippen LogP contribution in [-0.4, -0.2) is 44.6 Å². The van der Waals surface area contributed by atoms with E-state index in [1.165, 1.54) is 11.8 Å². The molecule has 1 aliphatic rings. The van der Waals surface area contributed by atoms with Gasteiger partial charge in [0.25, 0.3) is 11.7 Å². The fourth-order valence-corrected chi connectivity index (χ4v) is 4.27. The number of aryl methyl sites for hydroxylation is 2. The van der Waals surface area contributed by atoms with Crippen LogP contribution in [0.25, 0.3) is 5.78 Å². The Morgan fingerprint density at radius 2 is 2.00 bits per heavy atom. The SMILES string of the molecule is Cc1cc(C)n2nc(SCc3ccccc3C(=O)NC3CCNCC3)nc2n1.Cl. The van der Waals surface area contributed by atoms with E-state index in [0.717, 1.165) is 48.4 Å². The van der Waals surface area contributed by atoms with Crippen LogP contribution < -0.4 is 10.6 Å². The van der Waals surface area contributed by atoms with E-state index in [1.54, 1.807) is 4.52 Å². The number of carbonyl (C=O) groups excluding carboxylic acids is 1. The summed E-state index contributed by atoms with van der Waals surface area (Å²) < 4.78 is 1.76. The summed E-state index contributed by atoms with van der Waals surface area (Å²) in [6.45, 7) is 5.85. The number of piperidine rings is 1. The predicted octanol–water partition coefficient (Wildman–Crippen LogP) is 2.94. The number of benzene rings is 1. The van der Waals surface area contributed by atoms with Gasteiger partial charge in [0.2, 0.25) is 5.16 Å². The van der Waals surface area contributed by atoms with Crippen molar-refractivity contribution in [3.05, 3.63) is 52.8 Å². The maximum absolute atomic E-state index is 12.8. The smallest absolute Gasteiger partial charge is 0.253 e. The number of hydrogen-bond donors (Lipinski definition) is 2. The molecular formula is C20H25ClN6OS. The second-order valence-electron chi connectivity index (χ2n) is 7.09. The molecule has 1 amide bonds. The number of hydrogen-bond acceptors (Lipinski definition) is 6. The molecule has 1 aliphatic heterocycles. The first-order valence-corrected chi connectivity index (χ1v) is 10.5. The van der Waals surface area contributed by atoms with Gasteiger partial charge in [0.1, 0.15) is 0 Å². The lowest BCUT2D eigenvalue weighted by molar-refractivity contribution is 0.0929. The topological polar surface area (TPSA) is 84.2 Å². The van der Waals surface area contributed by atoms with Crippen LogP contribution in [0.5, 0.6) is 0 Å². The number of halogens is 1. The molecule has 2 aromatic heterocycles. The molecule has 0 saturated carbocycles. The Kier molecular flexibility index (Phi) is 7.10. The molecule has 2 N–H and O–H groups in total. The Balaban J connectivity index is 0.00000240. The van der Waals surface area contributed by atoms with Gasteiger partial charge in [-0.1, -0.05) is 30.0 Å². The summed E-state index contributed by atoms with van der Waals surface area (Å²) in [5, 5.41) is 11.7. The molecule has 9 heteroatoms. The van der Waals surface area contributed by atoms with Crippen molar-refractivity contribution in [1.29, 1.82) is 0 Å². The average Bonchev–Trinajstić information content (AvgIpc) is 3.10. The van der Waals surface area contributed by atoms with Crippen molar-refractivity contribution in [2.75, 3.05) is 13.1 Å². The van der Waals surface area contributed by atoms with E-state index in [0.29, 0.717) is 16.7 Å². The van der Waals surface area contributed by atoms with Crippen molar-refractivity contribution in [2.24, 2.45) is 0 Å². The fourth-order valence-electron chi connectivity index (χ4n) is 3.45. The van der Waals surface area contributed by atoms with Gasteiger partial charge in [0.15, 0.2) is 0 Å². The van der Waals surface area contributed by atoms with Gasteiger partial charge in [0.05, 0.1) is 0 Å². The molecule has 29 heavy (non-hydrogen) atoms. The summed E-state index contributed by atoms with van der Waals surface area (Å²) in [6, 6.07) is 9.98. The Labute approximate surface area is 180 Å². The largest absolute Gasteiger partial charge is 0.349 e. The molecule has 3 aromatic rings. The Morgan fingerprint density at radius 3 is 2.79 bits per heavy atom. The third-order valence-corrected chi connectivity index (χ3v) is 5.78. The van der Waals surface area contributed by atoms with Crippen LogP contribution in [0.1, 0.15) is 40.2 Å². The van der Waals surface area contributed by atoms with Gasteiger partial charge < -0.3 is 10.6 Å². The van der Waals surface area contributed by atoms with Crippen LogP contribution in [0.15, 0.2) is 35.5 Å². The minimum absolute atomic E-state index is 0. The Hall–Kier alpha value is -2.16. The molecule has 0 unspecified atom stereocenters. The monoisotopic (exact) mass is 432 g/mol. The molecule has 1 saturated heterocycles. The van der Waals surface area contributed by atoms with Crippen LogP contribution in [0, 0.1) is 13.8 Å². The van der Waals surface area contributed by atoms with Gasteiger partial charge in [0, 0.05) is 28.7 Å². The van der Waals surface area contributed by atoms with E-state index in [9.17, 15) is 4.79 Å². The maximum Gasteiger partial charge on any atom is 0.253 e. The molecule has 0 aliphatic carbocycles. The first kappa shape index (κ1) is 21.5. The zero-order valence-electron chi connectivity index (χ0n) is 16.5. The van der Waals surface area contributed by atoms with Crippen molar-refractivity contribution in [2.45, 2.75) is 43.6 Å². The van der Waals surface area contributed by atoms with E-state index in [-0.39, 0.29) is 24.4 Å². The van der Waals surface area contributed by atoms with Gasteiger partial charge in [-0.2, -0.15) is 4.98 Å². The summed E-state index contributed by atoms with van der Waals surface area (Å²) in [4.78, 5) is 21.7. The van der Waals surface area contributed by atoms with Crippen LogP contribution in [0.2, 0.25) is 0 Å². The van der Waals surface area contributed by atoms with Gasteiger partial charge in [-0.3, -0.25) is 4.79 Å². The first-order valence-electron chi connectivity index (χ1n) is 9.53. The third kappa shape index (κ3) is 5.07. The van der Waals surface area contributed by atoms with Crippen molar-refractivity contribution in [1.82, 2.24) is 30.2 Å². The van der Waals surface area contributed by atoms with Crippen LogP contribution in [-0.2, 0) is 5.75 Å². The van der Waals surface area contributed by atoms with E-state index in [1.807, 2.05) is 44.2 Å². The number of fused-ring (bicyclic) bond motifs is 1. The number of nitrogens with one attached hydrogen (secondary N) is 2. The summed E-state index contributed by atoms with van der Waals surface area (Å²) in [6.07, 6.45) is 1.94. The molecule has 0 spiro atoms. The van der Waals surface area contributed by atoms with Crippen LogP contribution in [0.3, 0.4) is 0 Å². The van der Waals surface area contributed by atoms with Crippen molar-refractivity contribution in [3.8, 4) is 0 Å². The summed E-state index contributed by atoms with van der Waals surface area (Å²) in [5.74, 6) is 1.24. The Bertz CT molecular complexity index is 1000. The van der Waals surface area contributed by atoms with Gasteiger partial charge >= 0.3 is 0 Å². The standard InChI is InChI=1S/C20H24N6OS.ClH/c1-13-11-14(2)26-19(22-13)24-20(25-26)28-12-15-5-3-4-6-17(15)18(27)23-16-7-9-21-10-8-16;/h3-6,11,16,21H,7-10,12H2,1-2H3,(H,23,27);1H. The molecule has 1 fully saturated rings. The van der Waals surface area contributed by atoms with E-state index in [2.05, 4.69) is 25.7 Å². The number of carbonyl (C=O) groups is 1. The van der Waals surface area contributed by atoms with Gasteiger partial charge in [-0.25, -0.2) is 9.50 Å². The lowest BCUT2D eigenvalue weighted by atomic mass is 10.0. The van der Waals surface area contributed by atoms with Crippen LogP contribution in [0.4, 0.5) is 0 Å². The highest BCUT2D eigenvalue weighted by Gasteiger charge is 2.18. The molecule has 0 bridgehead atoms. The molecule has 0 atom stereocenters. The highest BCUT2D eigenvalue weighted by atomic mass is 35.5. The van der Waals surface area contributed by atoms with E-state index < -0.39 is 0 Å². The second-order valence-corrected chi connectivity index (χ2v) is 8.03. The van der Waals surface area contributed by atoms with Crippen molar-refractivity contribution < 1.29 is 4.79 Å². The average molecular weight is 433 g/mol. The quantitative estimate of drug-likeness (QED) is 0.603. The molecule has 0 radical (unpaired) electrons. The number of nitrogens with zero attached hydrogens (tertiary/aromatic N) is 4. The second kappa shape index (κ2) is 9.56. The summed E-state index contributed by atoms with van der Waals surface area (Å²) in [7, 11) is 0. The summed E-state index contributed by atoms with van der Waals surface area (Å²) >= 11 is 1.52. The van der Waals surface area contributed by atoms with Gasteiger partial charge in [-0.05, 0) is 57.5 Å². The van der Waals surface area contributed by atoms with E-state index in [4.69, 9.17) is 0 Å². The van der Waals surface area contributed by atoms with Crippen molar-refractivity contribution >= 4 is 35.9 Å². The predicted molar refractivity (Wildman–Crippen MR) is 117 cm³/mol. The normalized spacial score (nSPS) is 14.6. The maximum atomic E-state index is 12.8. The molecule has 3 heterocycles. The zero-order valence-corrected chi connectivity index (χ0v) is 18.1. The molecule has 154 valence electrons. The van der Waals surface area contributed by atoms with Crippen molar-refractivity contribution in [3.63, 3.8) is 0 Å².